The van der Waals surface area contributed by atoms with Crippen LogP contribution in [-0.4, -0.2) is 94.8 Å². The van der Waals surface area contributed by atoms with Crippen LogP contribution in [0.15, 0.2) is 65.6 Å². The van der Waals surface area contributed by atoms with E-state index in [0.29, 0.717) is 49.2 Å². The van der Waals surface area contributed by atoms with Gasteiger partial charge < -0.3 is 30.5 Å². The predicted octanol–water partition coefficient (Wildman–Crippen LogP) is 5.15. The summed E-state index contributed by atoms with van der Waals surface area (Å²) < 4.78 is 42.6. The zero-order valence-electron chi connectivity index (χ0n) is 32.4. The number of amides is 3. The number of hydrogen-bond donors (Lipinski definition) is 5. The molecule has 0 radical (unpaired) electrons. The van der Waals surface area contributed by atoms with Gasteiger partial charge >= 0.3 is 18.2 Å². The Kier molecular flexibility index (Phi) is 13.8. The van der Waals surface area contributed by atoms with E-state index in [0.717, 1.165) is 48.4 Å². The Morgan fingerprint density at radius 1 is 0.983 bits per heavy atom. The van der Waals surface area contributed by atoms with Gasteiger partial charge in [-0.15, -0.1) is 0 Å². The molecule has 0 spiro atoms. The molecule has 0 bridgehead atoms. The summed E-state index contributed by atoms with van der Waals surface area (Å²) in [5.41, 5.74) is 8.99. The van der Waals surface area contributed by atoms with Crippen molar-refractivity contribution in [2.45, 2.75) is 70.7 Å². The molecule has 0 unspecified atom stereocenters. The molecule has 2 fully saturated rings. The second kappa shape index (κ2) is 18.6. The van der Waals surface area contributed by atoms with E-state index in [-0.39, 0.29) is 29.7 Å². The quantitative estimate of drug-likeness (QED) is 0.142. The molecule has 312 valence electrons. The summed E-state index contributed by atoms with van der Waals surface area (Å²) >= 11 is 0. The molecule has 15 nitrogen and oxygen atoms in total. The molecule has 1 saturated heterocycles. The van der Waals surface area contributed by atoms with Gasteiger partial charge in [0, 0.05) is 49.4 Å². The number of aliphatic carboxylic acids is 1. The Bertz CT molecular complexity index is 2100. The van der Waals surface area contributed by atoms with Crippen LogP contribution in [0.3, 0.4) is 0 Å². The first-order valence-electron chi connectivity index (χ1n) is 18.9. The van der Waals surface area contributed by atoms with Gasteiger partial charge in [0.15, 0.2) is 0 Å². The number of halogens is 3. The maximum absolute atomic E-state index is 14.4. The number of carboxylic acids is 1. The Morgan fingerprint density at radius 2 is 1.62 bits per heavy atom. The first kappa shape index (κ1) is 43.2. The second-order valence-corrected chi connectivity index (χ2v) is 15.2. The molecule has 1 aliphatic heterocycles. The number of primary amides is 1. The molecule has 6 rings (SSSR count). The van der Waals surface area contributed by atoms with E-state index in [4.69, 9.17) is 25.1 Å². The number of alkyl carbamates (subject to hydrolysis) is 1. The monoisotopic (exact) mass is 811 g/mol. The number of alkyl halides is 3. The number of ether oxygens (including phenoxy) is 2. The summed E-state index contributed by atoms with van der Waals surface area (Å²) in [6.45, 7) is 8.93. The summed E-state index contributed by atoms with van der Waals surface area (Å²) in [5.74, 6) is -2.81. The van der Waals surface area contributed by atoms with Crippen molar-refractivity contribution >= 4 is 46.3 Å². The molecule has 1 aliphatic carbocycles. The molecule has 2 aromatic heterocycles. The van der Waals surface area contributed by atoms with E-state index in [1.54, 1.807) is 18.2 Å². The topological polar surface area (TPSA) is 213 Å². The average molecular weight is 812 g/mol. The minimum Gasteiger partial charge on any atom is -0.475 e. The van der Waals surface area contributed by atoms with Crippen LogP contribution in [0.5, 0.6) is 0 Å². The maximum atomic E-state index is 14.4. The number of nitrogens with two attached hydrogens (primary N) is 1. The minimum absolute atomic E-state index is 0.197. The molecular weight excluding hydrogens is 763 g/mol. The number of fused-ring (bicyclic) bond motifs is 1. The van der Waals surface area contributed by atoms with Crippen LogP contribution in [0.4, 0.5) is 29.5 Å². The fraction of sp³-hybridized carbons (Fsp3) is 0.450. The number of aromatic nitrogens is 3. The zero-order valence-corrected chi connectivity index (χ0v) is 32.4. The molecule has 18 heteroatoms. The molecule has 4 aromatic rings. The standard InChI is InChI=1S/C38H47N7O6.C2HF3O2/c1-38(2,3)51-37(49)41-22-25-6-10-27(11-7-25)36(48)45(29-13-14-30-31(21-29)42-43-35(30)47)32(34(39)46)20-24-4-8-26(9-5-24)28-12-15-33(40-23-28)44-16-18-50-19-17-44;3-2(4,5)1(6)7/h4-5,8-9,12-15,21,23,25,27,32H,6-7,10-11,16-20,22H2,1-3H3,(H2,39,46)(H,41,49)(H2,42,43,47);(H,6,7)/t25-,27-,32-;/m0./s1. The highest BCUT2D eigenvalue weighted by Gasteiger charge is 2.38. The van der Waals surface area contributed by atoms with E-state index in [9.17, 15) is 32.3 Å². The lowest BCUT2D eigenvalue weighted by Gasteiger charge is -2.36. The third kappa shape index (κ3) is 11.6. The molecule has 1 atom stereocenters. The Labute approximate surface area is 332 Å². The van der Waals surface area contributed by atoms with E-state index in [2.05, 4.69) is 25.4 Å². The number of H-pyrrole nitrogens is 2. The molecule has 6 N–H and O–H groups in total. The van der Waals surface area contributed by atoms with E-state index >= 15 is 0 Å². The lowest BCUT2D eigenvalue weighted by atomic mass is 9.81. The zero-order chi connectivity index (χ0) is 42.2. The Balaban J connectivity index is 0.000000839. The van der Waals surface area contributed by atoms with E-state index < -0.39 is 35.8 Å². The van der Waals surface area contributed by atoms with Crippen molar-refractivity contribution in [3.05, 3.63) is 76.7 Å². The van der Waals surface area contributed by atoms with Gasteiger partial charge in [-0.3, -0.25) is 29.5 Å². The summed E-state index contributed by atoms with van der Waals surface area (Å²) in [7, 11) is 0. The number of hydrogen-bond acceptors (Lipinski definition) is 9. The van der Waals surface area contributed by atoms with Gasteiger partial charge in [0.1, 0.15) is 17.5 Å². The number of nitrogens with one attached hydrogen (secondary N) is 3. The molecule has 2 aromatic carbocycles. The van der Waals surface area contributed by atoms with Gasteiger partial charge in [0.2, 0.25) is 11.8 Å². The molecule has 2 aliphatic rings. The number of carboxylic acid groups (broad SMARTS) is 1. The van der Waals surface area contributed by atoms with Crippen LogP contribution in [0, 0.1) is 11.8 Å². The van der Waals surface area contributed by atoms with Crippen molar-refractivity contribution in [2.75, 3.05) is 42.6 Å². The molecular formula is C40H48F3N7O8. The smallest absolute Gasteiger partial charge is 0.475 e. The lowest BCUT2D eigenvalue weighted by molar-refractivity contribution is -0.192. The summed E-state index contributed by atoms with van der Waals surface area (Å²) in [6.07, 6.45) is -0.830. The average Bonchev–Trinajstić information content (AvgIpc) is 3.56. The fourth-order valence-corrected chi connectivity index (χ4v) is 6.90. The van der Waals surface area contributed by atoms with Crippen LogP contribution >= 0.6 is 0 Å². The first-order chi connectivity index (χ1) is 27.4. The molecule has 3 heterocycles. The van der Waals surface area contributed by atoms with Crippen LogP contribution in [0.1, 0.15) is 52.0 Å². The summed E-state index contributed by atoms with van der Waals surface area (Å²) in [6, 6.07) is 16.0. The van der Waals surface area contributed by atoms with Crippen molar-refractivity contribution in [1.82, 2.24) is 20.5 Å². The lowest BCUT2D eigenvalue weighted by Crippen LogP contribution is -2.52. The fourth-order valence-electron chi connectivity index (χ4n) is 6.90. The minimum atomic E-state index is -5.08. The second-order valence-electron chi connectivity index (χ2n) is 15.2. The Hall–Kier alpha value is -5.91. The maximum Gasteiger partial charge on any atom is 0.490 e. The molecule has 3 amide bonds. The van der Waals surface area contributed by atoms with Crippen molar-refractivity contribution in [2.24, 2.45) is 17.6 Å². The SMILES string of the molecule is CC(C)(C)OC(=O)NC[C@H]1CC[C@H](C(=O)N(c2ccc3c(=O)[nH][nH]c3c2)[C@@H](Cc2ccc(-c3ccc(N4CCOCC4)nc3)cc2)C(N)=O)CC1.O=C(O)C(F)(F)F. The number of carbonyl (C=O) groups excluding carboxylic acids is 3. The van der Waals surface area contributed by atoms with Gasteiger partial charge in [-0.1, -0.05) is 24.3 Å². The summed E-state index contributed by atoms with van der Waals surface area (Å²) in [5, 5.41) is 15.9. The van der Waals surface area contributed by atoms with E-state index in [1.165, 1.54) is 4.90 Å². The number of pyridine rings is 1. The van der Waals surface area contributed by atoms with Gasteiger partial charge in [-0.05, 0) is 93.8 Å². The highest BCUT2D eigenvalue weighted by atomic mass is 19.4. The normalized spacial score (nSPS) is 17.7. The van der Waals surface area contributed by atoms with Gasteiger partial charge in [-0.2, -0.15) is 13.2 Å². The van der Waals surface area contributed by atoms with Gasteiger partial charge in [0.25, 0.3) is 5.56 Å². The number of anilines is 2. The number of carbonyl (C=O) groups is 4. The summed E-state index contributed by atoms with van der Waals surface area (Å²) in [4.78, 5) is 69.4. The highest BCUT2D eigenvalue weighted by molar-refractivity contribution is 6.03. The predicted molar refractivity (Wildman–Crippen MR) is 209 cm³/mol. The Morgan fingerprint density at radius 3 is 2.19 bits per heavy atom. The highest BCUT2D eigenvalue weighted by Crippen LogP contribution is 2.33. The van der Waals surface area contributed by atoms with Crippen LogP contribution in [-0.2, 0) is 30.3 Å². The van der Waals surface area contributed by atoms with Crippen molar-refractivity contribution < 1.29 is 46.9 Å². The third-order valence-corrected chi connectivity index (χ3v) is 9.89. The van der Waals surface area contributed by atoms with Crippen molar-refractivity contribution in [3.63, 3.8) is 0 Å². The van der Waals surface area contributed by atoms with Gasteiger partial charge in [-0.25, -0.2) is 14.6 Å². The number of morpholine rings is 1. The van der Waals surface area contributed by atoms with Crippen molar-refractivity contribution in [3.8, 4) is 11.1 Å². The molecule has 1 saturated carbocycles. The van der Waals surface area contributed by atoms with Crippen LogP contribution < -0.4 is 26.4 Å². The van der Waals surface area contributed by atoms with Crippen molar-refractivity contribution in [1.29, 1.82) is 0 Å². The number of benzene rings is 2. The van der Waals surface area contributed by atoms with Crippen LogP contribution in [0.2, 0.25) is 0 Å². The van der Waals surface area contributed by atoms with Gasteiger partial charge in [0.05, 0.1) is 24.1 Å². The largest absolute Gasteiger partial charge is 0.490 e. The first-order valence-corrected chi connectivity index (χ1v) is 18.9. The number of aromatic amines is 2. The number of rotatable bonds is 10. The van der Waals surface area contributed by atoms with Crippen LogP contribution in [0.25, 0.3) is 22.0 Å². The number of nitrogens with zero attached hydrogens (tertiary/aromatic N) is 3. The molecule has 58 heavy (non-hydrogen) atoms. The third-order valence-electron chi connectivity index (χ3n) is 9.89. The van der Waals surface area contributed by atoms with E-state index in [1.807, 2.05) is 63.4 Å².